The molecule has 4 nitrogen and oxygen atoms in total. The van der Waals surface area contributed by atoms with E-state index in [4.69, 9.17) is 5.73 Å². The number of benzene rings is 1. The van der Waals surface area contributed by atoms with Crippen LogP contribution in [0.5, 0.6) is 0 Å². The van der Waals surface area contributed by atoms with Gasteiger partial charge in [0.25, 0.3) is 0 Å². The van der Waals surface area contributed by atoms with Gasteiger partial charge in [0.15, 0.2) is 0 Å². The Labute approximate surface area is 106 Å². The van der Waals surface area contributed by atoms with Crippen molar-refractivity contribution in [2.75, 3.05) is 12.3 Å². The van der Waals surface area contributed by atoms with E-state index < -0.39 is 15.8 Å². The molecule has 6 heteroatoms. The highest BCUT2D eigenvalue weighted by atomic mass is 32.2. The van der Waals surface area contributed by atoms with Crippen molar-refractivity contribution in [3.05, 3.63) is 24.0 Å². The Kier molecular flexibility index (Phi) is 3.87. The fourth-order valence-corrected chi connectivity index (χ4v) is 3.03. The van der Waals surface area contributed by atoms with Gasteiger partial charge in [-0.15, -0.1) is 0 Å². The number of nitrogen functional groups attached to an aromatic ring is 1. The van der Waals surface area contributed by atoms with Crippen LogP contribution in [0.1, 0.15) is 25.7 Å². The van der Waals surface area contributed by atoms with E-state index in [1.165, 1.54) is 25.3 Å². The first kappa shape index (κ1) is 13.3. The third-order valence-corrected chi connectivity index (χ3v) is 4.81. The van der Waals surface area contributed by atoms with E-state index in [1.54, 1.807) is 0 Å². The number of rotatable bonds is 5. The monoisotopic (exact) mass is 272 g/mol. The molecule has 1 saturated carbocycles. The summed E-state index contributed by atoms with van der Waals surface area (Å²) < 4.78 is 39.3. The standard InChI is InChI=1S/C12H17FN2O2S/c13-11-5-4-10(8-12(11)14)18(16,17)15-7-6-9-2-1-3-9/h4-5,8-9,15H,1-3,6-7,14H2. The van der Waals surface area contributed by atoms with Gasteiger partial charge in [-0.25, -0.2) is 17.5 Å². The number of hydrogen-bond donors (Lipinski definition) is 2. The highest BCUT2D eigenvalue weighted by molar-refractivity contribution is 7.89. The molecule has 0 unspecified atom stereocenters. The van der Waals surface area contributed by atoms with Crippen LogP contribution in [0.15, 0.2) is 23.1 Å². The van der Waals surface area contributed by atoms with Crippen LogP contribution < -0.4 is 10.5 Å². The lowest BCUT2D eigenvalue weighted by molar-refractivity contribution is 0.297. The average molecular weight is 272 g/mol. The lowest BCUT2D eigenvalue weighted by atomic mass is 9.83. The molecular weight excluding hydrogens is 255 g/mol. The van der Waals surface area contributed by atoms with E-state index in [2.05, 4.69) is 4.72 Å². The summed E-state index contributed by atoms with van der Waals surface area (Å²) in [4.78, 5) is 0.00927. The summed E-state index contributed by atoms with van der Waals surface area (Å²) in [5.41, 5.74) is 5.20. The SMILES string of the molecule is Nc1cc(S(=O)(=O)NCCC2CCC2)ccc1F. The van der Waals surface area contributed by atoms with Gasteiger partial charge in [-0.05, 0) is 30.5 Å². The average Bonchev–Trinajstić information content (AvgIpc) is 2.25. The predicted molar refractivity (Wildman–Crippen MR) is 68.0 cm³/mol. The third-order valence-electron chi connectivity index (χ3n) is 3.35. The number of anilines is 1. The number of nitrogens with one attached hydrogen (secondary N) is 1. The van der Waals surface area contributed by atoms with Crippen molar-refractivity contribution in [2.45, 2.75) is 30.6 Å². The molecule has 1 aliphatic carbocycles. The Hall–Kier alpha value is -1.14. The van der Waals surface area contributed by atoms with Crippen LogP contribution in [-0.4, -0.2) is 15.0 Å². The lowest BCUT2D eigenvalue weighted by Crippen LogP contribution is -2.27. The zero-order valence-electron chi connectivity index (χ0n) is 10.0. The summed E-state index contributed by atoms with van der Waals surface area (Å²) in [6.45, 7) is 0.421. The van der Waals surface area contributed by atoms with Crippen LogP contribution in [0, 0.1) is 11.7 Å². The smallest absolute Gasteiger partial charge is 0.240 e. The Morgan fingerprint density at radius 3 is 2.67 bits per heavy atom. The molecule has 0 radical (unpaired) electrons. The molecule has 3 N–H and O–H groups in total. The van der Waals surface area contributed by atoms with Crippen molar-refractivity contribution in [1.82, 2.24) is 4.72 Å². The molecule has 1 aromatic rings. The fraction of sp³-hybridized carbons (Fsp3) is 0.500. The van der Waals surface area contributed by atoms with E-state index in [9.17, 15) is 12.8 Å². The van der Waals surface area contributed by atoms with Gasteiger partial charge in [-0.2, -0.15) is 0 Å². The van der Waals surface area contributed by atoms with E-state index in [0.717, 1.165) is 18.6 Å². The molecule has 0 aliphatic heterocycles. The van der Waals surface area contributed by atoms with Crippen LogP contribution in [-0.2, 0) is 10.0 Å². The summed E-state index contributed by atoms with van der Waals surface area (Å²) >= 11 is 0. The van der Waals surface area contributed by atoms with Gasteiger partial charge in [-0.1, -0.05) is 19.3 Å². The first-order chi connectivity index (χ1) is 8.49. The number of hydrogen-bond acceptors (Lipinski definition) is 3. The van der Waals surface area contributed by atoms with Gasteiger partial charge in [0, 0.05) is 6.54 Å². The van der Waals surface area contributed by atoms with Crippen molar-refractivity contribution < 1.29 is 12.8 Å². The summed E-state index contributed by atoms with van der Waals surface area (Å²) in [7, 11) is -3.58. The molecule has 0 bridgehead atoms. The molecule has 0 aromatic heterocycles. The van der Waals surface area contributed by atoms with E-state index in [0.29, 0.717) is 12.5 Å². The van der Waals surface area contributed by atoms with Crippen molar-refractivity contribution >= 4 is 15.7 Å². The second-order valence-electron chi connectivity index (χ2n) is 4.67. The Morgan fingerprint density at radius 2 is 2.11 bits per heavy atom. The molecule has 0 atom stereocenters. The van der Waals surface area contributed by atoms with Gasteiger partial charge in [-0.3, -0.25) is 0 Å². The van der Waals surface area contributed by atoms with E-state index in [-0.39, 0.29) is 10.6 Å². The first-order valence-electron chi connectivity index (χ1n) is 6.04. The van der Waals surface area contributed by atoms with Crippen LogP contribution in [0.2, 0.25) is 0 Å². The molecule has 100 valence electrons. The molecule has 18 heavy (non-hydrogen) atoms. The lowest BCUT2D eigenvalue weighted by Gasteiger charge is -2.25. The van der Waals surface area contributed by atoms with Crippen LogP contribution in [0.3, 0.4) is 0 Å². The topological polar surface area (TPSA) is 72.2 Å². The molecule has 0 amide bonds. The van der Waals surface area contributed by atoms with E-state index >= 15 is 0 Å². The van der Waals surface area contributed by atoms with Crippen LogP contribution >= 0.6 is 0 Å². The van der Waals surface area contributed by atoms with Gasteiger partial charge < -0.3 is 5.73 Å². The Balaban J connectivity index is 1.98. The quantitative estimate of drug-likeness (QED) is 0.804. The second-order valence-corrected chi connectivity index (χ2v) is 6.43. The number of sulfonamides is 1. The van der Waals surface area contributed by atoms with Crippen LogP contribution in [0.25, 0.3) is 0 Å². The molecule has 1 aromatic carbocycles. The summed E-state index contributed by atoms with van der Waals surface area (Å²) in [6.07, 6.45) is 4.47. The van der Waals surface area contributed by atoms with E-state index in [1.807, 2.05) is 0 Å². The molecule has 0 saturated heterocycles. The van der Waals surface area contributed by atoms with Gasteiger partial charge in [0.1, 0.15) is 5.82 Å². The predicted octanol–water partition coefficient (Wildman–Crippen LogP) is 1.88. The van der Waals surface area contributed by atoms with Crippen molar-refractivity contribution in [3.63, 3.8) is 0 Å². The zero-order chi connectivity index (χ0) is 13.2. The molecule has 1 fully saturated rings. The molecular formula is C12H17FN2O2S. The van der Waals surface area contributed by atoms with Gasteiger partial charge >= 0.3 is 0 Å². The van der Waals surface area contributed by atoms with Gasteiger partial charge in [0.2, 0.25) is 10.0 Å². The maximum atomic E-state index is 13.0. The summed E-state index contributed by atoms with van der Waals surface area (Å²) in [6, 6.07) is 3.42. The van der Waals surface area contributed by atoms with Crippen molar-refractivity contribution in [2.24, 2.45) is 5.92 Å². The van der Waals surface area contributed by atoms with Crippen molar-refractivity contribution in [3.8, 4) is 0 Å². The first-order valence-corrected chi connectivity index (χ1v) is 7.52. The molecule has 2 rings (SSSR count). The van der Waals surface area contributed by atoms with Crippen LogP contribution in [0.4, 0.5) is 10.1 Å². The molecule has 1 aliphatic rings. The minimum absolute atomic E-state index is 0.00927. The van der Waals surface area contributed by atoms with Gasteiger partial charge in [0.05, 0.1) is 10.6 Å². The normalized spacial score (nSPS) is 16.5. The molecule has 0 spiro atoms. The zero-order valence-corrected chi connectivity index (χ0v) is 10.8. The highest BCUT2D eigenvalue weighted by Crippen LogP contribution is 2.28. The maximum absolute atomic E-state index is 13.0. The number of nitrogens with two attached hydrogens (primary N) is 1. The summed E-state index contributed by atoms with van der Waals surface area (Å²) in [5.74, 6) is 0.0365. The Bertz CT molecular complexity index is 527. The minimum Gasteiger partial charge on any atom is -0.396 e. The number of halogens is 1. The Morgan fingerprint density at radius 1 is 1.39 bits per heavy atom. The third kappa shape index (κ3) is 3.00. The largest absolute Gasteiger partial charge is 0.396 e. The fourth-order valence-electron chi connectivity index (χ4n) is 1.95. The minimum atomic E-state index is -3.58. The van der Waals surface area contributed by atoms with Crippen molar-refractivity contribution in [1.29, 1.82) is 0 Å². The maximum Gasteiger partial charge on any atom is 0.240 e. The second kappa shape index (κ2) is 5.24. The molecule has 0 heterocycles. The highest BCUT2D eigenvalue weighted by Gasteiger charge is 2.19. The summed E-state index contributed by atoms with van der Waals surface area (Å²) in [5, 5.41) is 0.